The van der Waals surface area contributed by atoms with E-state index in [1.807, 2.05) is 36.4 Å². The van der Waals surface area contributed by atoms with Crippen LogP contribution in [0.2, 0.25) is 0 Å². The number of nitrogens with zero attached hydrogens (tertiary/aromatic N) is 4. The molecule has 268 valence electrons. The molecule has 0 saturated heterocycles. The maximum Gasteiger partial charge on any atom is 2.00 e. The van der Waals surface area contributed by atoms with Crippen molar-refractivity contribution in [2.75, 3.05) is 7.11 Å². The molecule has 0 unspecified atom stereocenters. The summed E-state index contributed by atoms with van der Waals surface area (Å²) in [4.78, 5) is 4.69. The fraction of sp³-hybridized carbons (Fsp3) is 0.289. The predicted octanol–water partition coefficient (Wildman–Crippen LogP) is 11.5. The first kappa shape index (κ1) is 37.1. The van der Waals surface area contributed by atoms with Gasteiger partial charge >= 0.3 is 21.1 Å². The van der Waals surface area contributed by atoms with E-state index in [0.29, 0.717) is 11.5 Å². The quantitative estimate of drug-likeness (QED) is 0.136. The van der Waals surface area contributed by atoms with E-state index in [1.54, 1.807) is 13.3 Å². The molecular weight excluding hydrogens is 824 g/mol. The number of aromatic nitrogens is 4. The number of para-hydroxylation sites is 1. The Morgan fingerprint density at radius 3 is 2.23 bits per heavy atom. The van der Waals surface area contributed by atoms with E-state index >= 15 is 0 Å². The fourth-order valence-corrected chi connectivity index (χ4v) is 6.79. The Hall–Kier alpha value is -4.67. The molecule has 0 aliphatic carbocycles. The van der Waals surface area contributed by atoms with Gasteiger partial charge in [0.15, 0.2) is 0 Å². The number of benzene rings is 4. The van der Waals surface area contributed by atoms with Gasteiger partial charge in [0.05, 0.1) is 18.5 Å². The first-order valence-corrected chi connectivity index (χ1v) is 17.8. The molecule has 6 nitrogen and oxygen atoms in total. The van der Waals surface area contributed by atoms with Gasteiger partial charge in [0, 0.05) is 40.3 Å². The third-order valence-electron chi connectivity index (χ3n) is 9.96. The number of fused-ring (bicyclic) bond motifs is 3. The van der Waals surface area contributed by atoms with Crippen molar-refractivity contribution in [1.29, 1.82) is 0 Å². The summed E-state index contributed by atoms with van der Waals surface area (Å²) >= 11 is 0. The first-order chi connectivity index (χ1) is 24.4. The van der Waals surface area contributed by atoms with E-state index in [2.05, 4.69) is 136 Å². The van der Waals surface area contributed by atoms with Gasteiger partial charge in [-0.2, -0.15) is 17.2 Å². The van der Waals surface area contributed by atoms with Crippen LogP contribution in [0.5, 0.6) is 17.2 Å². The standard InChI is InChI=1S/C45H46N4O2.Pt/c1-10-45(7,8)43-41(30-18-20-31(21-19-30)44(4,5)6)42(29(2)3)47-49(43)32-14-13-15-34(26-32)51-35-22-23-37-36-16-11-12-17-38(36)48(39(37)27-35)40-28-33(50-9)24-25-46-40;/h11-25,28-29H,10H2,1-9H3;/q-2;+2. The van der Waals surface area contributed by atoms with Gasteiger partial charge < -0.3 is 14.0 Å². The molecule has 52 heavy (non-hydrogen) atoms. The van der Waals surface area contributed by atoms with E-state index in [-0.39, 0.29) is 37.8 Å². The van der Waals surface area contributed by atoms with Crippen LogP contribution in [0.1, 0.15) is 84.7 Å². The van der Waals surface area contributed by atoms with Gasteiger partial charge in [0.25, 0.3) is 0 Å². The second kappa shape index (κ2) is 14.4. The smallest absolute Gasteiger partial charge is 0.509 e. The van der Waals surface area contributed by atoms with Crippen molar-refractivity contribution >= 4 is 21.8 Å². The zero-order chi connectivity index (χ0) is 36.1. The number of ether oxygens (including phenoxy) is 2. The Balaban J connectivity index is 0.00000464. The molecule has 0 bridgehead atoms. The third-order valence-corrected chi connectivity index (χ3v) is 9.96. The molecule has 0 aliphatic heterocycles. The van der Waals surface area contributed by atoms with Crippen LogP contribution >= 0.6 is 0 Å². The molecule has 0 radical (unpaired) electrons. The summed E-state index contributed by atoms with van der Waals surface area (Å²) in [6, 6.07) is 38.3. The summed E-state index contributed by atoms with van der Waals surface area (Å²) < 4.78 is 16.3. The SMILES string of the molecule is CCC(C)(C)c1c(-c2ccc(C(C)(C)C)cc2)c(C(C)C)nn1-c1[c-]c(Oc2[c-]c3c(cc2)c2ccccc2n3-c2cc(OC)ccn2)ccc1.[Pt+2]. The van der Waals surface area contributed by atoms with Crippen molar-refractivity contribution in [3.63, 3.8) is 0 Å². The molecule has 0 spiro atoms. The van der Waals surface area contributed by atoms with E-state index in [0.717, 1.165) is 51.2 Å². The van der Waals surface area contributed by atoms with Gasteiger partial charge in [-0.05, 0) is 52.1 Å². The van der Waals surface area contributed by atoms with Crippen molar-refractivity contribution in [2.24, 2.45) is 0 Å². The molecule has 0 saturated carbocycles. The average molecular weight is 870 g/mol. The zero-order valence-corrected chi connectivity index (χ0v) is 33.7. The average Bonchev–Trinajstić information content (AvgIpc) is 3.69. The molecule has 3 aromatic heterocycles. The molecule has 0 atom stereocenters. The van der Waals surface area contributed by atoms with Crippen molar-refractivity contribution in [1.82, 2.24) is 19.3 Å². The molecule has 0 fully saturated rings. The second-order valence-corrected chi connectivity index (χ2v) is 15.2. The van der Waals surface area contributed by atoms with Gasteiger partial charge in [-0.1, -0.05) is 103 Å². The summed E-state index contributed by atoms with van der Waals surface area (Å²) in [6.45, 7) is 18.1. The van der Waals surface area contributed by atoms with E-state index < -0.39 is 0 Å². The maximum atomic E-state index is 6.54. The molecule has 0 N–H and O–H groups in total. The van der Waals surface area contributed by atoms with Crippen molar-refractivity contribution in [3.05, 3.63) is 126 Å². The van der Waals surface area contributed by atoms with Crippen LogP contribution in [-0.4, -0.2) is 26.4 Å². The third kappa shape index (κ3) is 6.81. The van der Waals surface area contributed by atoms with Crippen molar-refractivity contribution in [3.8, 4) is 39.9 Å². The Kier molecular flexibility index (Phi) is 10.3. The number of rotatable bonds is 9. The summed E-state index contributed by atoms with van der Waals surface area (Å²) in [5.74, 6) is 2.88. The molecule has 7 heteroatoms. The van der Waals surface area contributed by atoms with Crippen molar-refractivity contribution < 1.29 is 30.5 Å². The maximum absolute atomic E-state index is 6.54. The Morgan fingerprint density at radius 2 is 1.54 bits per heavy atom. The van der Waals surface area contributed by atoms with Crippen LogP contribution in [0.3, 0.4) is 0 Å². The topological polar surface area (TPSA) is 54.1 Å². The molecule has 7 aromatic rings. The van der Waals surface area contributed by atoms with Crippen LogP contribution in [-0.2, 0) is 31.9 Å². The van der Waals surface area contributed by atoms with Crippen LogP contribution in [0.25, 0.3) is 44.4 Å². The fourth-order valence-electron chi connectivity index (χ4n) is 6.79. The summed E-state index contributed by atoms with van der Waals surface area (Å²) in [5.41, 5.74) is 8.60. The predicted molar refractivity (Wildman–Crippen MR) is 208 cm³/mol. The molecule has 0 aliphatic rings. The summed E-state index contributed by atoms with van der Waals surface area (Å²) in [7, 11) is 1.66. The minimum atomic E-state index is -0.163. The molecule has 3 heterocycles. The molecule has 0 amide bonds. The van der Waals surface area contributed by atoms with Crippen LogP contribution in [0.4, 0.5) is 0 Å². The number of hydrogen-bond donors (Lipinski definition) is 0. The minimum Gasteiger partial charge on any atom is -0.509 e. The minimum absolute atomic E-state index is 0. The number of methoxy groups -OCH3 is 1. The van der Waals surface area contributed by atoms with Crippen LogP contribution in [0.15, 0.2) is 97.2 Å². The van der Waals surface area contributed by atoms with E-state index in [1.165, 1.54) is 22.4 Å². The molecule has 7 rings (SSSR count). The van der Waals surface area contributed by atoms with Gasteiger partial charge in [-0.15, -0.1) is 35.7 Å². The number of pyridine rings is 1. The molecular formula is C45H46N4O2Pt. The summed E-state index contributed by atoms with van der Waals surface area (Å²) in [5, 5.41) is 7.49. The molecule has 4 aromatic carbocycles. The van der Waals surface area contributed by atoms with Gasteiger partial charge in [-0.25, -0.2) is 4.98 Å². The Bertz CT molecular complexity index is 2360. The van der Waals surface area contributed by atoms with E-state index in [9.17, 15) is 0 Å². The van der Waals surface area contributed by atoms with Gasteiger partial charge in [0.1, 0.15) is 11.6 Å². The van der Waals surface area contributed by atoms with Crippen LogP contribution in [0, 0.1) is 12.1 Å². The monoisotopic (exact) mass is 869 g/mol. The van der Waals surface area contributed by atoms with E-state index in [4.69, 9.17) is 14.6 Å². The van der Waals surface area contributed by atoms with Crippen LogP contribution < -0.4 is 9.47 Å². The number of hydrogen-bond acceptors (Lipinski definition) is 4. The van der Waals surface area contributed by atoms with Gasteiger partial charge in [0.2, 0.25) is 0 Å². The Labute approximate surface area is 322 Å². The zero-order valence-electron chi connectivity index (χ0n) is 31.4. The first-order valence-electron chi connectivity index (χ1n) is 17.8. The normalized spacial score (nSPS) is 12.0. The largest absolute Gasteiger partial charge is 2.00 e. The van der Waals surface area contributed by atoms with Crippen molar-refractivity contribution in [2.45, 2.75) is 78.6 Å². The second-order valence-electron chi connectivity index (χ2n) is 15.2. The van der Waals surface area contributed by atoms with Gasteiger partial charge in [-0.3, -0.25) is 4.68 Å². The summed E-state index contributed by atoms with van der Waals surface area (Å²) in [6.07, 6.45) is 2.71. The Morgan fingerprint density at radius 1 is 0.808 bits per heavy atom.